The first-order chi connectivity index (χ1) is 13.4. The van der Waals surface area contributed by atoms with E-state index < -0.39 is 11.5 Å². The zero-order valence-corrected chi connectivity index (χ0v) is 15.0. The van der Waals surface area contributed by atoms with Gasteiger partial charge in [0.1, 0.15) is 12.4 Å². The maximum atomic E-state index is 13.1. The molecule has 0 saturated heterocycles. The van der Waals surface area contributed by atoms with Gasteiger partial charge in [-0.1, -0.05) is 6.07 Å². The molecule has 0 saturated carbocycles. The minimum atomic E-state index is -0.453. The Hall–Kier alpha value is -3.81. The summed E-state index contributed by atoms with van der Waals surface area (Å²) in [6.07, 6.45) is 0. The van der Waals surface area contributed by atoms with Crippen molar-refractivity contribution in [1.82, 2.24) is 9.78 Å². The number of rotatable bonds is 5. The second-order valence-corrected chi connectivity index (χ2v) is 6.03. The Labute approximate surface area is 159 Å². The summed E-state index contributed by atoms with van der Waals surface area (Å²) in [5.74, 6) is -1.05. The molecule has 3 aromatic rings. The third kappa shape index (κ3) is 4.88. The third-order valence-electron chi connectivity index (χ3n) is 3.77. The van der Waals surface area contributed by atoms with E-state index in [2.05, 4.69) is 15.7 Å². The van der Waals surface area contributed by atoms with Gasteiger partial charge in [0.2, 0.25) is 11.8 Å². The molecule has 0 fully saturated rings. The number of hydrogen-bond donors (Lipinski definition) is 2. The van der Waals surface area contributed by atoms with E-state index in [1.165, 1.54) is 31.2 Å². The number of nitrogens with zero attached hydrogens (tertiary/aromatic N) is 2. The number of anilines is 2. The smallest absolute Gasteiger partial charge is 0.267 e. The summed E-state index contributed by atoms with van der Waals surface area (Å²) in [6, 6.07) is 15.1. The number of hydrogen-bond acceptors (Lipinski definition) is 4. The molecule has 0 unspecified atom stereocenters. The summed E-state index contributed by atoms with van der Waals surface area (Å²) in [5, 5.41) is 9.46. The normalized spacial score (nSPS) is 10.4. The Morgan fingerprint density at radius 2 is 1.68 bits per heavy atom. The van der Waals surface area contributed by atoms with Crippen LogP contribution in [-0.2, 0) is 16.1 Å². The predicted molar refractivity (Wildman–Crippen MR) is 103 cm³/mol. The van der Waals surface area contributed by atoms with E-state index >= 15 is 0 Å². The van der Waals surface area contributed by atoms with E-state index in [1.807, 2.05) is 0 Å². The average molecular weight is 380 g/mol. The van der Waals surface area contributed by atoms with E-state index in [9.17, 15) is 18.8 Å². The molecule has 28 heavy (non-hydrogen) atoms. The molecule has 3 rings (SSSR count). The van der Waals surface area contributed by atoms with Gasteiger partial charge >= 0.3 is 0 Å². The highest BCUT2D eigenvalue weighted by Crippen LogP contribution is 2.16. The van der Waals surface area contributed by atoms with Crippen LogP contribution in [0.5, 0.6) is 0 Å². The minimum Gasteiger partial charge on any atom is -0.326 e. The number of nitrogens with one attached hydrogen (secondary N) is 2. The van der Waals surface area contributed by atoms with E-state index in [1.54, 1.807) is 36.4 Å². The Kier molecular flexibility index (Phi) is 5.59. The summed E-state index contributed by atoms with van der Waals surface area (Å²) in [6.45, 7) is 1.09. The largest absolute Gasteiger partial charge is 0.326 e. The van der Waals surface area contributed by atoms with Crippen molar-refractivity contribution in [3.63, 3.8) is 0 Å². The van der Waals surface area contributed by atoms with Crippen LogP contribution in [0.15, 0.2) is 65.5 Å². The second-order valence-electron chi connectivity index (χ2n) is 6.03. The second kappa shape index (κ2) is 8.26. The van der Waals surface area contributed by atoms with Crippen LogP contribution in [0.25, 0.3) is 11.3 Å². The van der Waals surface area contributed by atoms with Crippen molar-refractivity contribution < 1.29 is 14.0 Å². The zero-order valence-electron chi connectivity index (χ0n) is 15.0. The van der Waals surface area contributed by atoms with Gasteiger partial charge in [0.25, 0.3) is 5.56 Å². The Morgan fingerprint density at radius 3 is 2.36 bits per heavy atom. The summed E-state index contributed by atoms with van der Waals surface area (Å²) >= 11 is 0. The van der Waals surface area contributed by atoms with Crippen molar-refractivity contribution in [1.29, 1.82) is 0 Å². The first kappa shape index (κ1) is 19.0. The number of halogens is 1. The fourth-order valence-electron chi connectivity index (χ4n) is 2.55. The lowest BCUT2D eigenvalue weighted by Crippen LogP contribution is -2.29. The highest BCUT2D eigenvalue weighted by molar-refractivity contribution is 5.93. The fraction of sp³-hybridized carbons (Fsp3) is 0.100. The quantitative estimate of drug-likeness (QED) is 0.712. The molecule has 2 N–H and O–H groups in total. The van der Waals surface area contributed by atoms with Crippen LogP contribution in [0, 0.1) is 5.82 Å². The molecule has 2 amide bonds. The van der Waals surface area contributed by atoms with Gasteiger partial charge in [-0.15, -0.1) is 0 Å². The number of benzene rings is 2. The molecule has 0 aliphatic rings. The summed E-state index contributed by atoms with van der Waals surface area (Å²) < 4.78 is 14.1. The van der Waals surface area contributed by atoms with Crippen LogP contribution in [0.3, 0.4) is 0 Å². The Balaban J connectivity index is 1.75. The Bertz CT molecular complexity index is 1080. The number of aromatic nitrogens is 2. The first-order valence-corrected chi connectivity index (χ1v) is 8.42. The maximum absolute atomic E-state index is 13.1. The number of carbonyl (C=O) groups is 2. The SMILES string of the molecule is CC(=O)Nc1cccc(NC(=O)Cn2nc(-c3ccc(F)cc3)ccc2=O)c1. The molecule has 7 nitrogen and oxygen atoms in total. The van der Waals surface area contributed by atoms with Crippen LogP contribution in [0.1, 0.15) is 6.92 Å². The van der Waals surface area contributed by atoms with Gasteiger partial charge in [0, 0.05) is 29.9 Å². The molecule has 2 aromatic carbocycles. The van der Waals surface area contributed by atoms with Gasteiger partial charge in [-0.25, -0.2) is 9.07 Å². The van der Waals surface area contributed by atoms with Crippen molar-refractivity contribution >= 4 is 23.2 Å². The van der Waals surface area contributed by atoms with E-state index in [0.717, 1.165) is 4.68 Å². The Morgan fingerprint density at radius 1 is 1.00 bits per heavy atom. The molecule has 1 heterocycles. The van der Waals surface area contributed by atoms with Gasteiger partial charge in [-0.3, -0.25) is 14.4 Å². The molecule has 0 aliphatic carbocycles. The molecular weight excluding hydrogens is 363 g/mol. The van der Waals surface area contributed by atoms with Gasteiger partial charge in [0.05, 0.1) is 5.69 Å². The lowest BCUT2D eigenvalue weighted by atomic mass is 10.1. The molecule has 1 aromatic heterocycles. The van der Waals surface area contributed by atoms with Crippen molar-refractivity contribution in [3.05, 3.63) is 76.8 Å². The molecule has 0 atom stereocenters. The molecular formula is C20H17FN4O3. The predicted octanol–water partition coefficient (Wildman–Crippen LogP) is 2.65. The zero-order chi connectivity index (χ0) is 20.1. The average Bonchev–Trinajstić information content (AvgIpc) is 2.64. The molecule has 0 spiro atoms. The van der Waals surface area contributed by atoms with Crippen LogP contribution in [0.4, 0.5) is 15.8 Å². The maximum Gasteiger partial charge on any atom is 0.267 e. The summed E-state index contributed by atoms with van der Waals surface area (Å²) in [7, 11) is 0. The van der Waals surface area contributed by atoms with Gasteiger partial charge in [-0.2, -0.15) is 5.10 Å². The topological polar surface area (TPSA) is 93.1 Å². The lowest BCUT2D eigenvalue weighted by molar-refractivity contribution is -0.117. The third-order valence-corrected chi connectivity index (χ3v) is 3.77. The van der Waals surface area contributed by atoms with Gasteiger partial charge < -0.3 is 10.6 Å². The van der Waals surface area contributed by atoms with Crippen molar-refractivity contribution in [3.8, 4) is 11.3 Å². The highest BCUT2D eigenvalue weighted by atomic mass is 19.1. The number of amides is 2. The highest BCUT2D eigenvalue weighted by Gasteiger charge is 2.09. The molecule has 0 aliphatic heterocycles. The standard InChI is InChI=1S/C20H17FN4O3/c1-13(26)22-16-3-2-4-17(11-16)23-19(27)12-25-20(28)10-9-18(24-25)14-5-7-15(21)8-6-14/h2-11H,12H2,1H3,(H,22,26)(H,23,27). The van der Waals surface area contributed by atoms with E-state index in [-0.39, 0.29) is 18.3 Å². The van der Waals surface area contributed by atoms with Crippen LogP contribution < -0.4 is 16.2 Å². The lowest BCUT2D eigenvalue weighted by Gasteiger charge is -2.09. The summed E-state index contributed by atoms with van der Waals surface area (Å²) in [5.41, 5.74) is 1.64. The van der Waals surface area contributed by atoms with Crippen molar-refractivity contribution in [2.75, 3.05) is 10.6 Å². The molecule has 0 radical (unpaired) electrons. The van der Waals surface area contributed by atoms with Crippen LogP contribution >= 0.6 is 0 Å². The summed E-state index contributed by atoms with van der Waals surface area (Å²) in [4.78, 5) is 35.5. The molecule has 142 valence electrons. The monoisotopic (exact) mass is 380 g/mol. The first-order valence-electron chi connectivity index (χ1n) is 8.42. The van der Waals surface area contributed by atoms with E-state index in [0.29, 0.717) is 22.6 Å². The number of carbonyl (C=O) groups excluding carboxylic acids is 2. The van der Waals surface area contributed by atoms with Crippen LogP contribution in [-0.4, -0.2) is 21.6 Å². The molecule has 0 bridgehead atoms. The van der Waals surface area contributed by atoms with Crippen molar-refractivity contribution in [2.24, 2.45) is 0 Å². The van der Waals surface area contributed by atoms with Gasteiger partial charge in [-0.05, 0) is 48.5 Å². The van der Waals surface area contributed by atoms with Crippen LogP contribution in [0.2, 0.25) is 0 Å². The van der Waals surface area contributed by atoms with E-state index in [4.69, 9.17) is 0 Å². The fourth-order valence-corrected chi connectivity index (χ4v) is 2.55. The molecule has 8 heteroatoms. The van der Waals surface area contributed by atoms with Crippen molar-refractivity contribution in [2.45, 2.75) is 13.5 Å². The van der Waals surface area contributed by atoms with Gasteiger partial charge in [0.15, 0.2) is 0 Å². The minimum absolute atomic E-state index is 0.225.